The number of anilines is 1. The summed E-state index contributed by atoms with van der Waals surface area (Å²) in [7, 11) is 0. The van der Waals surface area contributed by atoms with E-state index in [1.807, 2.05) is 37.4 Å². The lowest BCUT2D eigenvalue weighted by atomic mass is 10.1. The van der Waals surface area contributed by atoms with Crippen LogP contribution in [0.1, 0.15) is 22.8 Å². The van der Waals surface area contributed by atoms with E-state index in [1.54, 1.807) is 0 Å². The average molecular weight is 336 g/mol. The van der Waals surface area contributed by atoms with Gasteiger partial charge < -0.3 is 15.7 Å². The van der Waals surface area contributed by atoms with Gasteiger partial charge in [0, 0.05) is 49.2 Å². The molecule has 0 spiro atoms. The van der Waals surface area contributed by atoms with Crippen LogP contribution in [-0.2, 0) is 19.5 Å². The first kappa shape index (κ1) is 15.6. The summed E-state index contributed by atoms with van der Waals surface area (Å²) in [5, 5.41) is 0. The summed E-state index contributed by atoms with van der Waals surface area (Å²) in [4.78, 5) is 29.8. The van der Waals surface area contributed by atoms with Crippen molar-refractivity contribution in [1.29, 1.82) is 0 Å². The summed E-state index contributed by atoms with van der Waals surface area (Å²) in [6, 6.07) is 7.36. The van der Waals surface area contributed by atoms with E-state index in [-0.39, 0.29) is 5.56 Å². The zero-order valence-corrected chi connectivity index (χ0v) is 14.0. The van der Waals surface area contributed by atoms with Gasteiger partial charge >= 0.3 is 0 Å². The number of nitrogens with two attached hydrogens (primary N) is 1. The molecular weight excluding hydrogens is 316 g/mol. The predicted molar refractivity (Wildman–Crippen MR) is 95.8 cm³/mol. The van der Waals surface area contributed by atoms with Crippen LogP contribution in [0.15, 0.2) is 35.3 Å². The number of rotatable bonds is 3. The van der Waals surface area contributed by atoms with Crippen LogP contribution in [0.5, 0.6) is 0 Å². The van der Waals surface area contributed by atoms with E-state index in [0.29, 0.717) is 18.1 Å². The first-order valence-electron chi connectivity index (χ1n) is 8.29. The minimum atomic E-state index is -0.0673. The van der Waals surface area contributed by atoms with Crippen LogP contribution >= 0.6 is 0 Å². The van der Waals surface area contributed by atoms with Crippen molar-refractivity contribution >= 4 is 5.69 Å². The van der Waals surface area contributed by atoms with Crippen LogP contribution in [-0.4, -0.2) is 31.4 Å². The Hall–Kier alpha value is -2.93. The van der Waals surface area contributed by atoms with Gasteiger partial charge in [-0.25, -0.2) is 9.97 Å². The number of nitrogens with zero attached hydrogens (tertiary/aromatic N) is 3. The number of benzene rings is 1. The quantitative estimate of drug-likeness (QED) is 0.630. The Morgan fingerprint density at radius 2 is 2.04 bits per heavy atom. The monoisotopic (exact) mass is 336 g/mol. The second-order valence-electron chi connectivity index (χ2n) is 6.42. The minimum Gasteiger partial charge on any atom is -0.399 e. The molecular formula is C18H20N6O. The summed E-state index contributed by atoms with van der Waals surface area (Å²) in [5.74, 6) is 1.50. The first-order valence-corrected chi connectivity index (χ1v) is 8.29. The fourth-order valence-electron chi connectivity index (χ4n) is 3.19. The van der Waals surface area contributed by atoms with E-state index >= 15 is 0 Å². The summed E-state index contributed by atoms with van der Waals surface area (Å²) in [5.41, 5.74) is 9.90. The number of H-pyrrole nitrogens is 2. The molecule has 3 aromatic rings. The minimum absolute atomic E-state index is 0.0673. The zero-order valence-electron chi connectivity index (χ0n) is 14.0. The highest BCUT2D eigenvalue weighted by Crippen LogP contribution is 2.20. The molecule has 1 aromatic carbocycles. The Morgan fingerprint density at radius 1 is 1.24 bits per heavy atom. The average Bonchev–Trinajstić information content (AvgIpc) is 3.01. The van der Waals surface area contributed by atoms with Gasteiger partial charge in [0.05, 0.1) is 11.3 Å². The van der Waals surface area contributed by atoms with Crippen molar-refractivity contribution in [1.82, 2.24) is 24.8 Å². The van der Waals surface area contributed by atoms with Gasteiger partial charge in [-0.3, -0.25) is 9.69 Å². The maximum atomic E-state index is 12.6. The van der Waals surface area contributed by atoms with Gasteiger partial charge in [-0.2, -0.15) is 0 Å². The number of aromatic nitrogens is 4. The number of aryl methyl sites for hydroxylation is 1. The normalized spacial score (nSPS) is 14.4. The maximum absolute atomic E-state index is 12.6. The van der Waals surface area contributed by atoms with E-state index in [1.165, 1.54) is 0 Å². The van der Waals surface area contributed by atoms with Crippen molar-refractivity contribution < 1.29 is 0 Å². The number of aromatic amines is 2. The molecule has 25 heavy (non-hydrogen) atoms. The number of nitrogens with one attached hydrogen (secondary N) is 2. The maximum Gasteiger partial charge on any atom is 0.255 e. The van der Waals surface area contributed by atoms with E-state index in [4.69, 9.17) is 5.73 Å². The second kappa shape index (κ2) is 6.18. The van der Waals surface area contributed by atoms with E-state index in [2.05, 4.69) is 24.8 Å². The van der Waals surface area contributed by atoms with Gasteiger partial charge in [0.1, 0.15) is 11.6 Å². The molecule has 0 atom stereocenters. The summed E-state index contributed by atoms with van der Waals surface area (Å²) >= 11 is 0. The predicted octanol–water partition coefficient (Wildman–Crippen LogP) is 1.61. The molecule has 1 aliphatic heterocycles. The molecule has 0 bridgehead atoms. The topological polar surface area (TPSA) is 104 Å². The third kappa shape index (κ3) is 3.18. The third-order valence-electron chi connectivity index (χ3n) is 4.48. The zero-order chi connectivity index (χ0) is 17.4. The third-order valence-corrected chi connectivity index (χ3v) is 4.48. The lowest BCUT2D eigenvalue weighted by Gasteiger charge is -2.27. The van der Waals surface area contributed by atoms with Crippen molar-refractivity contribution in [3.63, 3.8) is 0 Å². The van der Waals surface area contributed by atoms with Crippen molar-refractivity contribution in [2.75, 3.05) is 12.3 Å². The van der Waals surface area contributed by atoms with Gasteiger partial charge in [-0.05, 0) is 31.2 Å². The number of nitrogen functional groups attached to an aromatic ring is 1. The van der Waals surface area contributed by atoms with Crippen LogP contribution in [0.2, 0.25) is 0 Å². The van der Waals surface area contributed by atoms with Crippen LogP contribution in [0.4, 0.5) is 5.69 Å². The number of imidazole rings is 1. The lowest BCUT2D eigenvalue weighted by molar-refractivity contribution is 0.239. The fourth-order valence-corrected chi connectivity index (χ4v) is 3.19. The molecule has 0 fully saturated rings. The van der Waals surface area contributed by atoms with Crippen molar-refractivity contribution in [3.05, 3.63) is 63.6 Å². The van der Waals surface area contributed by atoms with Crippen LogP contribution in [0.25, 0.3) is 11.4 Å². The molecule has 0 unspecified atom stereocenters. The molecule has 4 rings (SSSR count). The second-order valence-corrected chi connectivity index (χ2v) is 6.42. The van der Waals surface area contributed by atoms with Gasteiger partial charge in [-0.15, -0.1) is 0 Å². The molecule has 4 N–H and O–H groups in total. The van der Waals surface area contributed by atoms with Crippen LogP contribution < -0.4 is 11.3 Å². The highest BCUT2D eigenvalue weighted by atomic mass is 16.1. The highest BCUT2D eigenvalue weighted by molar-refractivity contribution is 5.58. The molecule has 128 valence electrons. The lowest BCUT2D eigenvalue weighted by Crippen LogP contribution is -2.35. The van der Waals surface area contributed by atoms with E-state index < -0.39 is 0 Å². The fraction of sp³-hybridized carbons (Fsp3) is 0.278. The molecule has 1 aliphatic rings. The highest BCUT2D eigenvalue weighted by Gasteiger charge is 2.22. The number of fused-ring (bicyclic) bond motifs is 1. The summed E-state index contributed by atoms with van der Waals surface area (Å²) < 4.78 is 0. The molecule has 0 aliphatic carbocycles. The molecule has 3 heterocycles. The molecule has 0 saturated heterocycles. The van der Waals surface area contributed by atoms with Crippen molar-refractivity contribution in [3.8, 4) is 11.4 Å². The van der Waals surface area contributed by atoms with Crippen molar-refractivity contribution in [2.45, 2.75) is 26.4 Å². The van der Waals surface area contributed by atoms with Gasteiger partial charge in [0.2, 0.25) is 0 Å². The molecule has 0 amide bonds. The van der Waals surface area contributed by atoms with Gasteiger partial charge in [0.15, 0.2) is 0 Å². The standard InChI is InChI=1S/C18H20N6O/c1-11-20-8-14(21-11)9-24-7-6-16-15(10-24)18(25)23-17(22-16)12-2-4-13(19)5-3-12/h2-5,8H,6-7,9-10,19H2,1H3,(H,20,21)(H,22,23,25). The van der Waals surface area contributed by atoms with Gasteiger partial charge in [0.25, 0.3) is 5.56 Å². The Bertz CT molecular complexity index is 956. The SMILES string of the molecule is Cc1ncc(CN2CCc3nc(-c4ccc(N)cc4)[nH]c(=O)c3C2)[nH]1. The molecule has 0 radical (unpaired) electrons. The number of hydrogen-bond acceptors (Lipinski definition) is 5. The number of hydrogen-bond donors (Lipinski definition) is 3. The smallest absolute Gasteiger partial charge is 0.255 e. The first-order chi connectivity index (χ1) is 12.1. The molecule has 7 heteroatoms. The Labute approximate surface area is 144 Å². The Balaban J connectivity index is 1.59. The van der Waals surface area contributed by atoms with E-state index in [9.17, 15) is 4.79 Å². The summed E-state index contributed by atoms with van der Waals surface area (Å²) in [6.07, 6.45) is 2.60. The van der Waals surface area contributed by atoms with Crippen LogP contribution in [0, 0.1) is 6.92 Å². The molecule has 2 aromatic heterocycles. The largest absolute Gasteiger partial charge is 0.399 e. The molecule has 7 nitrogen and oxygen atoms in total. The van der Waals surface area contributed by atoms with Gasteiger partial charge in [-0.1, -0.05) is 0 Å². The Kier molecular flexibility index (Phi) is 3.85. The Morgan fingerprint density at radius 3 is 2.76 bits per heavy atom. The molecule has 0 saturated carbocycles. The van der Waals surface area contributed by atoms with E-state index in [0.717, 1.165) is 47.8 Å². The summed E-state index contributed by atoms with van der Waals surface area (Å²) in [6.45, 7) is 4.14. The van der Waals surface area contributed by atoms with Crippen molar-refractivity contribution in [2.24, 2.45) is 0 Å². The van der Waals surface area contributed by atoms with Crippen LogP contribution in [0.3, 0.4) is 0 Å².